The molecule has 0 aliphatic carbocycles. The molecule has 0 bridgehead atoms. The Kier molecular flexibility index (Phi) is 3.27. The molecule has 1 aromatic carbocycles. The predicted octanol–water partition coefficient (Wildman–Crippen LogP) is 1.52. The molecule has 0 spiro atoms. The van der Waals surface area contributed by atoms with Gasteiger partial charge in [0, 0.05) is 5.92 Å². The van der Waals surface area contributed by atoms with Crippen LogP contribution in [0.1, 0.15) is 19.4 Å². The summed E-state index contributed by atoms with van der Waals surface area (Å²) in [6.07, 6.45) is 1.57. The van der Waals surface area contributed by atoms with Crippen molar-refractivity contribution in [2.45, 2.75) is 13.8 Å². The maximum Gasteiger partial charge on any atom is 0.242 e. The normalized spacial score (nSPS) is 13.4. The van der Waals surface area contributed by atoms with Gasteiger partial charge in [0.2, 0.25) is 12.7 Å². The Labute approximate surface area is 99.4 Å². The van der Waals surface area contributed by atoms with E-state index in [0.717, 1.165) is 11.3 Å². The lowest BCUT2D eigenvalue weighted by Crippen LogP contribution is -2.22. The Hall–Kier alpha value is -2.04. The number of rotatable bonds is 3. The lowest BCUT2D eigenvalue weighted by molar-refractivity contribution is -0.123. The Morgan fingerprint density at radius 2 is 2.18 bits per heavy atom. The summed E-state index contributed by atoms with van der Waals surface area (Å²) in [5.74, 6) is 1.24. The van der Waals surface area contributed by atoms with Gasteiger partial charge in [-0.15, -0.1) is 0 Å². The average molecular weight is 234 g/mol. The molecule has 0 saturated heterocycles. The number of nitrogens with one attached hydrogen (secondary N) is 1. The monoisotopic (exact) mass is 234 g/mol. The van der Waals surface area contributed by atoms with Crippen LogP contribution in [0.5, 0.6) is 11.5 Å². The van der Waals surface area contributed by atoms with Crippen LogP contribution in [-0.4, -0.2) is 18.9 Å². The van der Waals surface area contributed by atoms with Gasteiger partial charge in [-0.3, -0.25) is 4.79 Å². The highest BCUT2D eigenvalue weighted by Crippen LogP contribution is 2.31. The van der Waals surface area contributed by atoms with E-state index in [-0.39, 0.29) is 18.6 Å². The highest BCUT2D eigenvalue weighted by Gasteiger charge is 2.12. The molecule has 0 aromatic heterocycles. The van der Waals surface area contributed by atoms with Crippen molar-refractivity contribution in [1.82, 2.24) is 5.43 Å². The predicted molar refractivity (Wildman–Crippen MR) is 63.1 cm³/mol. The van der Waals surface area contributed by atoms with Crippen LogP contribution < -0.4 is 14.9 Å². The maximum atomic E-state index is 11.3. The second kappa shape index (κ2) is 4.86. The smallest absolute Gasteiger partial charge is 0.242 e. The average Bonchev–Trinajstić information content (AvgIpc) is 2.75. The third-order valence-corrected chi connectivity index (χ3v) is 2.31. The summed E-state index contributed by atoms with van der Waals surface area (Å²) in [5.41, 5.74) is 3.30. The summed E-state index contributed by atoms with van der Waals surface area (Å²) in [7, 11) is 0. The number of benzene rings is 1. The molecule has 1 amide bonds. The molecule has 0 fully saturated rings. The molecule has 1 aliphatic rings. The van der Waals surface area contributed by atoms with Gasteiger partial charge in [0.25, 0.3) is 0 Å². The SMILES string of the molecule is CC(C)C(=O)NN=Cc1ccc2c(c1)OCO2. The zero-order valence-corrected chi connectivity index (χ0v) is 9.77. The molecule has 0 saturated carbocycles. The molecule has 5 heteroatoms. The second-order valence-electron chi connectivity index (χ2n) is 4.00. The number of amides is 1. The van der Waals surface area contributed by atoms with Gasteiger partial charge >= 0.3 is 0 Å². The lowest BCUT2D eigenvalue weighted by atomic mass is 10.2. The van der Waals surface area contributed by atoms with Crippen LogP contribution in [0.25, 0.3) is 0 Å². The molecular formula is C12H14N2O3. The number of nitrogens with zero attached hydrogens (tertiary/aromatic N) is 1. The first-order valence-electron chi connectivity index (χ1n) is 5.39. The number of carbonyl (C=O) groups is 1. The highest BCUT2D eigenvalue weighted by atomic mass is 16.7. The van der Waals surface area contributed by atoms with Crippen molar-refractivity contribution in [1.29, 1.82) is 0 Å². The van der Waals surface area contributed by atoms with Crippen LogP contribution in [0.3, 0.4) is 0 Å². The van der Waals surface area contributed by atoms with E-state index in [0.29, 0.717) is 5.75 Å². The molecule has 90 valence electrons. The molecule has 5 nitrogen and oxygen atoms in total. The van der Waals surface area contributed by atoms with Crippen LogP contribution in [-0.2, 0) is 4.79 Å². The molecule has 2 rings (SSSR count). The third kappa shape index (κ3) is 2.75. The summed E-state index contributed by atoms with van der Waals surface area (Å²) < 4.78 is 10.4. The summed E-state index contributed by atoms with van der Waals surface area (Å²) in [6, 6.07) is 5.47. The van der Waals surface area contributed by atoms with E-state index in [9.17, 15) is 4.79 Å². The zero-order valence-electron chi connectivity index (χ0n) is 9.77. The highest BCUT2D eigenvalue weighted by molar-refractivity contribution is 5.83. The molecule has 1 heterocycles. The van der Waals surface area contributed by atoms with Crippen LogP contribution in [0.2, 0.25) is 0 Å². The third-order valence-electron chi connectivity index (χ3n) is 2.31. The molecule has 0 radical (unpaired) electrons. The zero-order chi connectivity index (χ0) is 12.3. The van der Waals surface area contributed by atoms with Crippen LogP contribution >= 0.6 is 0 Å². The fraction of sp³-hybridized carbons (Fsp3) is 0.333. The van der Waals surface area contributed by atoms with Crippen LogP contribution in [0.15, 0.2) is 23.3 Å². The van der Waals surface area contributed by atoms with Gasteiger partial charge in [0.1, 0.15) is 0 Å². The Balaban J connectivity index is 1.99. The number of hydrogen-bond donors (Lipinski definition) is 1. The van der Waals surface area contributed by atoms with E-state index in [2.05, 4.69) is 10.5 Å². The molecule has 1 N–H and O–H groups in total. The Morgan fingerprint density at radius 3 is 2.94 bits per heavy atom. The minimum absolute atomic E-state index is 0.0797. The molecular weight excluding hydrogens is 220 g/mol. The fourth-order valence-electron chi connectivity index (χ4n) is 1.29. The summed E-state index contributed by atoms with van der Waals surface area (Å²) in [5, 5.41) is 3.87. The number of carbonyl (C=O) groups excluding carboxylic acids is 1. The van der Waals surface area contributed by atoms with E-state index in [1.165, 1.54) is 0 Å². The fourth-order valence-corrected chi connectivity index (χ4v) is 1.29. The van der Waals surface area contributed by atoms with E-state index >= 15 is 0 Å². The number of hydrazone groups is 1. The van der Waals surface area contributed by atoms with Crippen molar-refractivity contribution < 1.29 is 14.3 Å². The quantitative estimate of drug-likeness (QED) is 0.637. The number of ether oxygens (including phenoxy) is 2. The van der Waals surface area contributed by atoms with Crippen molar-refractivity contribution in [3.05, 3.63) is 23.8 Å². The van der Waals surface area contributed by atoms with Gasteiger partial charge < -0.3 is 9.47 Å². The minimum Gasteiger partial charge on any atom is -0.454 e. The first kappa shape index (κ1) is 11.4. The summed E-state index contributed by atoms with van der Waals surface area (Å²) in [4.78, 5) is 11.3. The van der Waals surface area contributed by atoms with Crippen molar-refractivity contribution in [3.8, 4) is 11.5 Å². The summed E-state index contributed by atoms with van der Waals surface area (Å²) >= 11 is 0. The molecule has 1 aromatic rings. The van der Waals surface area contributed by atoms with Crippen LogP contribution in [0, 0.1) is 5.92 Å². The molecule has 0 atom stereocenters. The minimum atomic E-state index is -0.109. The van der Waals surface area contributed by atoms with Gasteiger partial charge in [-0.25, -0.2) is 5.43 Å². The first-order chi connectivity index (χ1) is 8.16. The van der Waals surface area contributed by atoms with Crippen molar-refractivity contribution in [2.75, 3.05) is 6.79 Å². The van der Waals surface area contributed by atoms with Crippen molar-refractivity contribution in [2.24, 2.45) is 11.0 Å². The van der Waals surface area contributed by atoms with Crippen molar-refractivity contribution >= 4 is 12.1 Å². The molecule has 1 aliphatic heterocycles. The van der Waals surface area contributed by atoms with Crippen molar-refractivity contribution in [3.63, 3.8) is 0 Å². The Morgan fingerprint density at radius 1 is 1.41 bits per heavy atom. The number of fused-ring (bicyclic) bond motifs is 1. The second-order valence-corrected chi connectivity index (χ2v) is 4.00. The van der Waals surface area contributed by atoms with Gasteiger partial charge in [-0.1, -0.05) is 13.8 Å². The lowest BCUT2D eigenvalue weighted by Gasteiger charge is -2.01. The van der Waals surface area contributed by atoms with Gasteiger partial charge in [0.15, 0.2) is 11.5 Å². The summed E-state index contributed by atoms with van der Waals surface area (Å²) in [6.45, 7) is 3.87. The van der Waals surface area contributed by atoms with Gasteiger partial charge in [-0.05, 0) is 23.8 Å². The Bertz CT molecular complexity index is 455. The van der Waals surface area contributed by atoms with E-state index in [1.54, 1.807) is 6.21 Å². The topological polar surface area (TPSA) is 59.9 Å². The van der Waals surface area contributed by atoms with E-state index in [1.807, 2.05) is 32.0 Å². The standard InChI is InChI=1S/C12H14N2O3/c1-8(2)12(15)14-13-6-9-3-4-10-11(5-9)17-7-16-10/h3-6,8H,7H2,1-2H3,(H,14,15). The van der Waals surface area contributed by atoms with E-state index in [4.69, 9.17) is 9.47 Å². The first-order valence-corrected chi connectivity index (χ1v) is 5.39. The molecule has 0 unspecified atom stereocenters. The number of hydrogen-bond acceptors (Lipinski definition) is 4. The van der Waals surface area contributed by atoms with Gasteiger partial charge in [-0.2, -0.15) is 5.10 Å². The largest absolute Gasteiger partial charge is 0.454 e. The van der Waals surface area contributed by atoms with Crippen LogP contribution in [0.4, 0.5) is 0 Å². The van der Waals surface area contributed by atoms with E-state index < -0.39 is 0 Å². The maximum absolute atomic E-state index is 11.3. The molecule has 17 heavy (non-hydrogen) atoms. The van der Waals surface area contributed by atoms with Gasteiger partial charge in [0.05, 0.1) is 6.21 Å².